The Morgan fingerprint density at radius 1 is 0.949 bits per heavy atom. The van der Waals surface area contributed by atoms with Gasteiger partial charge in [0.25, 0.3) is 5.91 Å². The molecule has 0 bridgehead atoms. The summed E-state index contributed by atoms with van der Waals surface area (Å²) in [5.41, 5.74) is 3.51. The number of carbonyl (C=O) groups is 2. The Kier molecular flexibility index (Phi) is 8.56. The van der Waals surface area contributed by atoms with Gasteiger partial charge in [0.15, 0.2) is 0 Å². The molecule has 7 heteroatoms. The van der Waals surface area contributed by atoms with Gasteiger partial charge in [-0.2, -0.15) is 0 Å². The van der Waals surface area contributed by atoms with Crippen LogP contribution in [0.4, 0.5) is 0 Å². The quantitative estimate of drug-likeness (QED) is 0.302. The van der Waals surface area contributed by atoms with E-state index in [0.717, 1.165) is 48.1 Å². The molecule has 0 spiro atoms. The molecule has 0 radical (unpaired) electrons. The topological polar surface area (TPSA) is 76.5 Å². The van der Waals surface area contributed by atoms with E-state index >= 15 is 0 Å². The van der Waals surface area contributed by atoms with Gasteiger partial charge in [0.05, 0.1) is 18.1 Å². The molecular weight excluding hydrogens is 488 g/mol. The van der Waals surface area contributed by atoms with Crippen molar-refractivity contribution >= 4 is 22.8 Å². The monoisotopic (exact) mass is 524 g/mol. The Hall–Kier alpha value is -4.13. The maximum Gasteiger partial charge on any atom is 0.251 e. The Balaban J connectivity index is 1.33. The highest BCUT2D eigenvalue weighted by Gasteiger charge is 2.27. The predicted molar refractivity (Wildman–Crippen MR) is 153 cm³/mol. The van der Waals surface area contributed by atoms with Gasteiger partial charge in [0.1, 0.15) is 18.1 Å². The number of methoxy groups -OCH3 is 1. The van der Waals surface area contributed by atoms with Crippen LogP contribution in [0.25, 0.3) is 11.0 Å². The van der Waals surface area contributed by atoms with Crippen molar-refractivity contribution in [3.05, 3.63) is 95.8 Å². The summed E-state index contributed by atoms with van der Waals surface area (Å²) < 4.78 is 7.20. The molecule has 7 nitrogen and oxygen atoms in total. The van der Waals surface area contributed by atoms with Crippen molar-refractivity contribution < 1.29 is 14.3 Å². The first kappa shape index (κ1) is 26.5. The van der Waals surface area contributed by atoms with Gasteiger partial charge in [-0.3, -0.25) is 9.59 Å². The molecule has 0 aliphatic heterocycles. The average Bonchev–Trinajstić information content (AvgIpc) is 3.33. The summed E-state index contributed by atoms with van der Waals surface area (Å²) in [4.78, 5) is 33.5. The summed E-state index contributed by atoms with van der Waals surface area (Å²) >= 11 is 0. The van der Waals surface area contributed by atoms with Crippen molar-refractivity contribution in [3.8, 4) is 5.75 Å². The highest BCUT2D eigenvalue weighted by atomic mass is 16.5. The minimum absolute atomic E-state index is 0.109. The molecule has 39 heavy (non-hydrogen) atoms. The smallest absolute Gasteiger partial charge is 0.251 e. The van der Waals surface area contributed by atoms with Crippen LogP contribution in [-0.2, 0) is 24.3 Å². The van der Waals surface area contributed by atoms with Crippen LogP contribution in [0.15, 0.2) is 78.9 Å². The summed E-state index contributed by atoms with van der Waals surface area (Å²) in [5, 5.41) is 2.99. The van der Waals surface area contributed by atoms with Crippen molar-refractivity contribution in [2.75, 3.05) is 13.7 Å². The third kappa shape index (κ3) is 6.48. The fourth-order valence-corrected chi connectivity index (χ4v) is 5.44. The summed E-state index contributed by atoms with van der Waals surface area (Å²) in [6, 6.07) is 25.4. The van der Waals surface area contributed by atoms with Crippen LogP contribution >= 0.6 is 0 Å². The second kappa shape index (κ2) is 12.6. The highest BCUT2D eigenvalue weighted by Crippen LogP contribution is 2.25. The van der Waals surface area contributed by atoms with Crippen molar-refractivity contribution in [1.82, 2.24) is 19.8 Å². The number of hydrogen-bond donors (Lipinski definition) is 1. The van der Waals surface area contributed by atoms with E-state index in [2.05, 4.69) is 22.3 Å². The Morgan fingerprint density at radius 3 is 2.41 bits per heavy atom. The second-order valence-corrected chi connectivity index (χ2v) is 10.1. The van der Waals surface area contributed by atoms with Crippen molar-refractivity contribution in [3.63, 3.8) is 0 Å². The number of benzene rings is 3. The fraction of sp³-hybridized carbons (Fsp3) is 0.344. The second-order valence-electron chi connectivity index (χ2n) is 10.1. The number of aromatic nitrogens is 2. The number of fused-ring (bicyclic) bond motifs is 1. The summed E-state index contributed by atoms with van der Waals surface area (Å²) in [5.74, 6) is 1.46. The number of nitrogens with one attached hydrogen (secondary N) is 1. The molecule has 1 aliphatic rings. The SMILES string of the molecule is COc1ccc(C(=O)NCCc2nc3ccccc3n2CC(=O)N(Cc2ccccc2)C2CCCCC2)cc1. The first-order chi connectivity index (χ1) is 19.1. The lowest BCUT2D eigenvalue weighted by atomic mass is 9.93. The number of para-hydroxylation sites is 2. The van der Waals surface area contributed by atoms with Crippen LogP contribution in [0.2, 0.25) is 0 Å². The number of imidazole rings is 1. The normalized spacial score (nSPS) is 13.8. The fourth-order valence-electron chi connectivity index (χ4n) is 5.44. The molecule has 202 valence electrons. The van der Waals surface area contributed by atoms with E-state index < -0.39 is 0 Å². The van der Waals surface area contributed by atoms with E-state index in [0.29, 0.717) is 30.8 Å². The minimum atomic E-state index is -0.150. The lowest BCUT2D eigenvalue weighted by Crippen LogP contribution is -2.42. The molecule has 1 heterocycles. The van der Waals surface area contributed by atoms with Gasteiger partial charge in [0, 0.05) is 31.1 Å². The maximum absolute atomic E-state index is 13.9. The number of hydrogen-bond acceptors (Lipinski definition) is 4. The number of ether oxygens (including phenoxy) is 1. The molecule has 1 aliphatic carbocycles. The van der Waals surface area contributed by atoms with Crippen LogP contribution in [0.5, 0.6) is 5.75 Å². The van der Waals surface area contributed by atoms with Gasteiger partial charge >= 0.3 is 0 Å². The van der Waals surface area contributed by atoms with Gasteiger partial charge in [-0.25, -0.2) is 4.98 Å². The molecule has 3 aromatic carbocycles. The van der Waals surface area contributed by atoms with Crippen LogP contribution < -0.4 is 10.1 Å². The number of carbonyl (C=O) groups excluding carboxylic acids is 2. The zero-order valence-electron chi connectivity index (χ0n) is 22.5. The van der Waals surface area contributed by atoms with Crippen molar-refractivity contribution in [2.45, 2.75) is 57.7 Å². The highest BCUT2D eigenvalue weighted by molar-refractivity contribution is 5.94. The Labute approximate surface area is 229 Å². The van der Waals surface area contributed by atoms with E-state index in [4.69, 9.17) is 9.72 Å². The van der Waals surface area contributed by atoms with E-state index in [1.807, 2.05) is 47.0 Å². The lowest BCUT2D eigenvalue weighted by Gasteiger charge is -2.35. The Bertz CT molecular complexity index is 1390. The zero-order chi connectivity index (χ0) is 27.0. The van der Waals surface area contributed by atoms with E-state index in [-0.39, 0.29) is 24.4 Å². The Morgan fingerprint density at radius 2 is 1.67 bits per heavy atom. The van der Waals surface area contributed by atoms with Crippen LogP contribution in [-0.4, -0.2) is 46.0 Å². The van der Waals surface area contributed by atoms with Gasteiger partial charge in [-0.15, -0.1) is 0 Å². The molecule has 0 atom stereocenters. The van der Waals surface area contributed by atoms with Crippen molar-refractivity contribution in [1.29, 1.82) is 0 Å². The molecule has 1 fully saturated rings. The first-order valence-corrected chi connectivity index (χ1v) is 13.8. The molecule has 4 aromatic rings. The van der Waals surface area contributed by atoms with Gasteiger partial charge < -0.3 is 19.5 Å². The van der Waals surface area contributed by atoms with Crippen molar-refractivity contribution in [2.24, 2.45) is 0 Å². The molecule has 0 unspecified atom stereocenters. The van der Waals surface area contributed by atoms with Gasteiger partial charge in [0.2, 0.25) is 5.91 Å². The molecule has 1 aromatic heterocycles. The molecule has 1 N–H and O–H groups in total. The number of amides is 2. The summed E-state index contributed by atoms with van der Waals surface area (Å²) in [7, 11) is 1.60. The lowest BCUT2D eigenvalue weighted by molar-refractivity contribution is -0.135. The first-order valence-electron chi connectivity index (χ1n) is 13.8. The molecule has 2 amide bonds. The van der Waals surface area contributed by atoms with Crippen LogP contribution in [0.1, 0.15) is 53.8 Å². The predicted octanol–water partition coefficient (Wildman–Crippen LogP) is 5.38. The van der Waals surface area contributed by atoms with E-state index in [9.17, 15) is 9.59 Å². The van der Waals surface area contributed by atoms with Gasteiger partial charge in [-0.05, 0) is 54.8 Å². The molecular formula is C32H36N4O3. The van der Waals surface area contributed by atoms with Gasteiger partial charge in [-0.1, -0.05) is 61.7 Å². The third-order valence-electron chi connectivity index (χ3n) is 7.54. The van der Waals surface area contributed by atoms with Crippen LogP contribution in [0, 0.1) is 0 Å². The largest absolute Gasteiger partial charge is 0.497 e. The molecule has 5 rings (SSSR count). The van der Waals surface area contributed by atoms with E-state index in [1.165, 1.54) is 6.42 Å². The zero-order valence-corrected chi connectivity index (χ0v) is 22.5. The average molecular weight is 525 g/mol. The molecule has 0 saturated heterocycles. The summed E-state index contributed by atoms with van der Waals surface area (Å²) in [6.07, 6.45) is 6.18. The maximum atomic E-state index is 13.9. The molecule has 1 saturated carbocycles. The standard InChI is InChI=1S/C32H36N4O3/c1-39-27-18-16-25(17-19-27)32(38)33-21-20-30-34-28-14-8-9-15-29(28)36(30)23-31(37)35(26-12-6-3-7-13-26)22-24-10-4-2-5-11-24/h2,4-5,8-11,14-19,26H,3,6-7,12-13,20-23H2,1H3,(H,33,38). The minimum Gasteiger partial charge on any atom is -0.497 e. The number of rotatable bonds is 10. The van der Waals surface area contributed by atoms with Crippen LogP contribution in [0.3, 0.4) is 0 Å². The third-order valence-corrected chi connectivity index (χ3v) is 7.54. The van der Waals surface area contributed by atoms with E-state index in [1.54, 1.807) is 31.4 Å². The summed E-state index contributed by atoms with van der Waals surface area (Å²) in [6.45, 7) is 1.26. The number of nitrogens with zero attached hydrogens (tertiary/aromatic N) is 3.